The summed E-state index contributed by atoms with van der Waals surface area (Å²) in [6.07, 6.45) is 0.475. The van der Waals surface area contributed by atoms with Crippen molar-refractivity contribution in [2.45, 2.75) is 25.9 Å². The largest absolute Gasteiger partial charge is 0.329 e. The summed E-state index contributed by atoms with van der Waals surface area (Å²) >= 11 is 7.75. The number of carbonyl (C=O) groups is 1. The maximum Gasteiger partial charge on any atom is 0.255 e. The molecule has 7 heteroatoms. The quantitative estimate of drug-likeness (QED) is 0.811. The molecule has 2 heterocycles. The summed E-state index contributed by atoms with van der Waals surface area (Å²) in [5.74, 6) is -0.0587. The van der Waals surface area contributed by atoms with Crippen LogP contribution in [-0.2, 0) is 16.4 Å². The molecule has 1 saturated heterocycles. The zero-order valence-electron chi connectivity index (χ0n) is 13.2. The first-order valence-electron chi connectivity index (χ1n) is 7.66. The van der Waals surface area contributed by atoms with Crippen LogP contribution >= 0.6 is 22.9 Å². The highest BCUT2D eigenvalue weighted by Crippen LogP contribution is 2.27. The molecule has 1 aromatic heterocycles. The number of rotatable bonds is 4. The van der Waals surface area contributed by atoms with E-state index < -0.39 is 9.84 Å². The van der Waals surface area contributed by atoms with E-state index in [1.165, 1.54) is 0 Å². The molecule has 0 N–H and O–H groups in total. The molecule has 1 aliphatic heterocycles. The molecule has 0 radical (unpaired) electrons. The molecule has 24 heavy (non-hydrogen) atoms. The lowest BCUT2D eigenvalue weighted by Gasteiger charge is -2.28. The van der Waals surface area contributed by atoms with Gasteiger partial charge in [0.15, 0.2) is 9.84 Å². The monoisotopic (exact) mass is 383 g/mol. The molecule has 0 spiro atoms. The minimum atomic E-state index is -3.08. The Balaban J connectivity index is 1.94. The number of amides is 1. The summed E-state index contributed by atoms with van der Waals surface area (Å²) < 4.78 is 23.8. The van der Waals surface area contributed by atoms with E-state index in [2.05, 4.69) is 0 Å². The van der Waals surface area contributed by atoms with Crippen LogP contribution in [0.25, 0.3) is 0 Å². The van der Waals surface area contributed by atoms with Gasteiger partial charge in [0.2, 0.25) is 0 Å². The number of thiophene rings is 1. The van der Waals surface area contributed by atoms with Gasteiger partial charge in [0.1, 0.15) is 0 Å². The maximum atomic E-state index is 13.1. The highest BCUT2D eigenvalue weighted by Gasteiger charge is 2.35. The first kappa shape index (κ1) is 17.5. The summed E-state index contributed by atoms with van der Waals surface area (Å²) in [4.78, 5) is 15.8. The highest BCUT2D eigenvalue weighted by molar-refractivity contribution is 7.91. The maximum absolute atomic E-state index is 13.1. The lowest BCUT2D eigenvalue weighted by molar-refractivity contribution is 0.0683. The van der Waals surface area contributed by atoms with Crippen LogP contribution in [0.2, 0.25) is 5.02 Å². The van der Waals surface area contributed by atoms with Crippen molar-refractivity contribution >= 4 is 38.7 Å². The fraction of sp³-hybridized carbons (Fsp3) is 0.353. The van der Waals surface area contributed by atoms with Crippen molar-refractivity contribution in [2.75, 3.05) is 11.5 Å². The Hall–Kier alpha value is -1.37. The molecule has 128 valence electrons. The Bertz CT molecular complexity index is 860. The predicted molar refractivity (Wildman–Crippen MR) is 97.4 cm³/mol. The van der Waals surface area contributed by atoms with E-state index in [-0.39, 0.29) is 23.5 Å². The van der Waals surface area contributed by atoms with Crippen LogP contribution in [0.4, 0.5) is 0 Å². The van der Waals surface area contributed by atoms with Crippen molar-refractivity contribution in [3.8, 4) is 0 Å². The second kappa shape index (κ2) is 6.86. The van der Waals surface area contributed by atoms with Gasteiger partial charge < -0.3 is 4.90 Å². The number of nitrogens with zero attached hydrogens (tertiary/aromatic N) is 1. The topological polar surface area (TPSA) is 54.5 Å². The van der Waals surface area contributed by atoms with Gasteiger partial charge in [-0.2, -0.15) is 0 Å². The van der Waals surface area contributed by atoms with Gasteiger partial charge >= 0.3 is 0 Å². The van der Waals surface area contributed by atoms with E-state index >= 15 is 0 Å². The second-order valence-electron chi connectivity index (χ2n) is 6.00. The summed E-state index contributed by atoms with van der Waals surface area (Å²) in [5, 5.41) is 2.37. The van der Waals surface area contributed by atoms with Crippen LogP contribution in [0.5, 0.6) is 0 Å². The Morgan fingerprint density at radius 2 is 2.08 bits per heavy atom. The Labute approximate surface area is 151 Å². The van der Waals surface area contributed by atoms with Crippen molar-refractivity contribution < 1.29 is 13.2 Å². The Morgan fingerprint density at radius 3 is 2.67 bits per heavy atom. The molecule has 2 aromatic rings. The highest BCUT2D eigenvalue weighted by atomic mass is 35.5. The van der Waals surface area contributed by atoms with Gasteiger partial charge in [-0.1, -0.05) is 23.7 Å². The number of hydrogen-bond acceptors (Lipinski definition) is 4. The molecule has 1 atom stereocenters. The van der Waals surface area contributed by atoms with Crippen molar-refractivity contribution in [3.63, 3.8) is 0 Å². The van der Waals surface area contributed by atoms with Crippen LogP contribution in [-0.4, -0.2) is 36.8 Å². The first-order valence-corrected chi connectivity index (χ1v) is 10.7. The third kappa shape index (κ3) is 3.66. The fourth-order valence-corrected chi connectivity index (χ4v) is 5.75. The third-order valence-corrected chi connectivity index (χ3v) is 7.38. The molecular formula is C17H18ClNO3S2. The van der Waals surface area contributed by atoms with Crippen LogP contribution in [0.3, 0.4) is 0 Å². The molecule has 1 aromatic carbocycles. The van der Waals surface area contributed by atoms with Gasteiger partial charge in [-0.25, -0.2) is 8.42 Å². The van der Waals surface area contributed by atoms with Gasteiger partial charge in [0.05, 0.1) is 28.6 Å². The molecule has 1 fully saturated rings. The number of hydrogen-bond donors (Lipinski definition) is 0. The first-order chi connectivity index (χ1) is 11.4. The lowest BCUT2D eigenvalue weighted by Crippen LogP contribution is -2.40. The minimum absolute atomic E-state index is 0.0214. The fourth-order valence-electron chi connectivity index (χ4n) is 2.90. The predicted octanol–water partition coefficient (Wildman–Crippen LogP) is 3.54. The second-order valence-corrected chi connectivity index (χ2v) is 9.63. The zero-order chi connectivity index (χ0) is 17.3. The van der Waals surface area contributed by atoms with E-state index in [1.54, 1.807) is 40.5 Å². The van der Waals surface area contributed by atoms with Gasteiger partial charge in [-0.15, -0.1) is 11.3 Å². The Kier molecular flexibility index (Phi) is 4.99. The minimum Gasteiger partial charge on any atom is -0.329 e. The van der Waals surface area contributed by atoms with Crippen LogP contribution < -0.4 is 0 Å². The van der Waals surface area contributed by atoms with E-state index in [4.69, 9.17) is 11.6 Å². The smallest absolute Gasteiger partial charge is 0.255 e. The zero-order valence-corrected chi connectivity index (χ0v) is 15.6. The number of halogens is 1. The summed E-state index contributed by atoms with van der Waals surface area (Å²) in [6.45, 7) is 2.41. The standard InChI is InChI=1S/C17H18ClNO3S2/c1-12-6-8-23-16(12)10-19(13-7-9-24(21,22)11-13)17(20)14-4-2-3-5-15(14)18/h2-6,8,13H,7,9-11H2,1H3. The van der Waals surface area contributed by atoms with Crippen molar-refractivity contribution in [1.82, 2.24) is 4.90 Å². The van der Waals surface area contributed by atoms with Gasteiger partial charge in [0, 0.05) is 10.9 Å². The number of carbonyl (C=O) groups excluding carboxylic acids is 1. The normalized spacial score (nSPS) is 19.3. The SMILES string of the molecule is Cc1ccsc1CN(C(=O)c1ccccc1Cl)C1CCS(=O)(=O)C1. The molecule has 1 unspecified atom stereocenters. The summed E-state index contributed by atoms with van der Waals surface area (Å²) in [7, 11) is -3.08. The molecule has 4 nitrogen and oxygen atoms in total. The van der Waals surface area contributed by atoms with Crippen molar-refractivity contribution in [2.24, 2.45) is 0 Å². The molecule has 0 bridgehead atoms. The molecule has 0 saturated carbocycles. The molecular weight excluding hydrogens is 366 g/mol. The van der Waals surface area contributed by atoms with E-state index in [0.29, 0.717) is 23.6 Å². The van der Waals surface area contributed by atoms with E-state index in [9.17, 15) is 13.2 Å². The van der Waals surface area contributed by atoms with Crippen LogP contribution in [0, 0.1) is 6.92 Å². The van der Waals surface area contributed by atoms with Gasteiger partial charge in [-0.05, 0) is 42.5 Å². The average Bonchev–Trinajstić information content (AvgIpc) is 3.10. The number of sulfone groups is 1. The summed E-state index contributed by atoms with van der Waals surface area (Å²) in [6, 6.07) is 8.59. The van der Waals surface area contributed by atoms with Crippen molar-refractivity contribution in [3.05, 3.63) is 56.7 Å². The average molecular weight is 384 g/mol. The molecule has 1 amide bonds. The van der Waals surface area contributed by atoms with Crippen LogP contribution in [0.1, 0.15) is 27.2 Å². The van der Waals surface area contributed by atoms with E-state index in [1.807, 2.05) is 18.4 Å². The van der Waals surface area contributed by atoms with Crippen LogP contribution in [0.15, 0.2) is 35.7 Å². The number of benzene rings is 1. The Morgan fingerprint density at radius 1 is 1.33 bits per heavy atom. The summed E-state index contributed by atoms with van der Waals surface area (Å²) in [5.41, 5.74) is 1.52. The number of aryl methyl sites for hydroxylation is 1. The molecule has 1 aliphatic rings. The third-order valence-electron chi connectivity index (χ3n) is 4.30. The lowest BCUT2D eigenvalue weighted by atomic mass is 10.1. The van der Waals surface area contributed by atoms with Gasteiger partial charge in [0.25, 0.3) is 5.91 Å². The van der Waals surface area contributed by atoms with E-state index in [0.717, 1.165) is 10.4 Å². The van der Waals surface area contributed by atoms with Crippen molar-refractivity contribution in [1.29, 1.82) is 0 Å². The molecule has 0 aliphatic carbocycles. The van der Waals surface area contributed by atoms with Gasteiger partial charge in [-0.3, -0.25) is 4.79 Å². The molecule has 3 rings (SSSR count).